The van der Waals surface area contributed by atoms with E-state index in [1.807, 2.05) is 0 Å². The Bertz CT molecular complexity index is 276. The van der Waals surface area contributed by atoms with E-state index in [0.717, 1.165) is 0 Å². The first-order valence-electron chi connectivity index (χ1n) is 4.48. The van der Waals surface area contributed by atoms with Gasteiger partial charge in [-0.2, -0.15) is 0 Å². The van der Waals surface area contributed by atoms with Crippen molar-refractivity contribution in [3.63, 3.8) is 0 Å². The number of aliphatic carboxylic acids is 1. The van der Waals surface area contributed by atoms with Crippen LogP contribution in [0.5, 0.6) is 0 Å². The number of furan rings is 1. The molecule has 0 aliphatic rings. The fraction of sp³-hybridized carbons (Fsp3) is 0.500. The molecule has 1 heterocycles. The van der Waals surface area contributed by atoms with Crippen LogP contribution in [0.4, 0.5) is 0 Å². The Balaban J connectivity index is 2.45. The minimum Gasteiger partial charge on any atom is -0.479 e. The fourth-order valence-electron chi connectivity index (χ4n) is 1.12. The molecule has 0 saturated carbocycles. The number of carbonyl (C=O) groups is 1. The van der Waals surface area contributed by atoms with Crippen LogP contribution < -0.4 is 0 Å². The van der Waals surface area contributed by atoms with E-state index in [1.54, 1.807) is 26.0 Å². The summed E-state index contributed by atoms with van der Waals surface area (Å²) in [6.45, 7) is 3.81. The third-order valence-electron chi connectivity index (χ3n) is 1.83. The molecule has 1 rings (SSSR count). The number of hydrogen-bond donors (Lipinski definition) is 1. The van der Waals surface area contributed by atoms with Crippen molar-refractivity contribution in [1.82, 2.24) is 0 Å². The van der Waals surface area contributed by atoms with Crippen LogP contribution in [0.3, 0.4) is 0 Å². The van der Waals surface area contributed by atoms with E-state index in [0.29, 0.717) is 5.76 Å². The average Bonchev–Trinajstić information content (AvgIpc) is 2.55. The van der Waals surface area contributed by atoms with Crippen molar-refractivity contribution < 1.29 is 19.1 Å². The van der Waals surface area contributed by atoms with E-state index in [2.05, 4.69) is 0 Å². The van der Waals surface area contributed by atoms with E-state index < -0.39 is 12.1 Å². The first-order chi connectivity index (χ1) is 6.61. The standard InChI is InChI=1S/C10H14O4/c1-7(2)9(10(11)12)14-6-8-4-3-5-13-8/h3-5,7,9H,6H2,1-2H3,(H,11,12). The van der Waals surface area contributed by atoms with Crippen LogP contribution in [-0.4, -0.2) is 17.2 Å². The summed E-state index contributed by atoms with van der Waals surface area (Å²) in [5.41, 5.74) is 0. The van der Waals surface area contributed by atoms with Crippen LogP contribution in [0.2, 0.25) is 0 Å². The summed E-state index contributed by atoms with van der Waals surface area (Å²) >= 11 is 0. The van der Waals surface area contributed by atoms with Gasteiger partial charge < -0.3 is 14.3 Å². The highest BCUT2D eigenvalue weighted by molar-refractivity contribution is 5.72. The van der Waals surface area contributed by atoms with Crippen molar-refractivity contribution in [2.75, 3.05) is 0 Å². The highest BCUT2D eigenvalue weighted by Crippen LogP contribution is 2.10. The van der Waals surface area contributed by atoms with Gasteiger partial charge in [0.2, 0.25) is 0 Å². The zero-order valence-corrected chi connectivity index (χ0v) is 8.27. The molecule has 14 heavy (non-hydrogen) atoms. The molecule has 1 N–H and O–H groups in total. The molecule has 0 aliphatic heterocycles. The predicted octanol–water partition coefficient (Wildman–Crippen LogP) is 1.91. The van der Waals surface area contributed by atoms with E-state index in [9.17, 15) is 4.79 Å². The number of hydrogen-bond acceptors (Lipinski definition) is 3. The lowest BCUT2D eigenvalue weighted by molar-refractivity contribution is -0.154. The van der Waals surface area contributed by atoms with Gasteiger partial charge in [-0.3, -0.25) is 0 Å². The summed E-state index contributed by atoms with van der Waals surface area (Å²) in [7, 11) is 0. The van der Waals surface area contributed by atoms with Crippen molar-refractivity contribution in [3.05, 3.63) is 24.2 Å². The molecular formula is C10H14O4. The second-order valence-electron chi connectivity index (χ2n) is 3.39. The summed E-state index contributed by atoms with van der Waals surface area (Å²) in [5.74, 6) is -0.356. The Morgan fingerprint density at radius 1 is 1.64 bits per heavy atom. The predicted molar refractivity (Wildman–Crippen MR) is 49.8 cm³/mol. The van der Waals surface area contributed by atoms with Gasteiger partial charge in [-0.25, -0.2) is 4.79 Å². The second kappa shape index (κ2) is 4.81. The first kappa shape index (κ1) is 10.8. The quantitative estimate of drug-likeness (QED) is 0.785. The Hall–Kier alpha value is -1.29. The van der Waals surface area contributed by atoms with Gasteiger partial charge in [-0.05, 0) is 18.1 Å². The molecular weight excluding hydrogens is 184 g/mol. The summed E-state index contributed by atoms with van der Waals surface area (Å²) in [6, 6.07) is 3.49. The molecule has 0 amide bonds. The van der Waals surface area contributed by atoms with Crippen LogP contribution in [0.15, 0.2) is 22.8 Å². The number of carboxylic acids is 1. The van der Waals surface area contributed by atoms with Gasteiger partial charge in [0, 0.05) is 0 Å². The molecule has 1 atom stereocenters. The van der Waals surface area contributed by atoms with Crippen LogP contribution >= 0.6 is 0 Å². The largest absolute Gasteiger partial charge is 0.479 e. The normalized spacial score (nSPS) is 13.1. The van der Waals surface area contributed by atoms with Gasteiger partial charge in [-0.1, -0.05) is 13.8 Å². The lowest BCUT2D eigenvalue weighted by Crippen LogP contribution is -2.29. The number of ether oxygens (including phenoxy) is 1. The Morgan fingerprint density at radius 2 is 2.36 bits per heavy atom. The molecule has 4 nitrogen and oxygen atoms in total. The lowest BCUT2D eigenvalue weighted by atomic mass is 10.1. The maximum absolute atomic E-state index is 10.7. The van der Waals surface area contributed by atoms with Gasteiger partial charge >= 0.3 is 5.97 Å². The zero-order chi connectivity index (χ0) is 10.6. The van der Waals surface area contributed by atoms with Crippen molar-refractivity contribution in [3.8, 4) is 0 Å². The lowest BCUT2D eigenvalue weighted by Gasteiger charge is -2.15. The molecule has 0 radical (unpaired) electrons. The molecule has 0 aromatic carbocycles. The molecule has 1 aromatic rings. The third-order valence-corrected chi connectivity index (χ3v) is 1.83. The van der Waals surface area contributed by atoms with Crippen LogP contribution in [0, 0.1) is 5.92 Å². The van der Waals surface area contributed by atoms with Gasteiger partial charge in [-0.15, -0.1) is 0 Å². The fourth-order valence-corrected chi connectivity index (χ4v) is 1.12. The Kier molecular flexibility index (Phi) is 3.71. The van der Waals surface area contributed by atoms with Gasteiger partial charge in [0.1, 0.15) is 12.4 Å². The summed E-state index contributed by atoms with van der Waals surface area (Å²) < 4.78 is 10.2. The molecule has 0 fully saturated rings. The average molecular weight is 198 g/mol. The third kappa shape index (κ3) is 2.88. The SMILES string of the molecule is CC(C)C(OCc1ccco1)C(=O)O. The Morgan fingerprint density at radius 3 is 2.79 bits per heavy atom. The molecule has 0 spiro atoms. The summed E-state index contributed by atoms with van der Waals surface area (Å²) in [4.78, 5) is 10.7. The zero-order valence-electron chi connectivity index (χ0n) is 8.27. The molecule has 4 heteroatoms. The van der Waals surface area contributed by atoms with Crippen molar-refractivity contribution in [2.24, 2.45) is 5.92 Å². The molecule has 1 unspecified atom stereocenters. The van der Waals surface area contributed by atoms with Crippen LogP contribution in [0.25, 0.3) is 0 Å². The van der Waals surface area contributed by atoms with Crippen molar-refractivity contribution >= 4 is 5.97 Å². The first-order valence-corrected chi connectivity index (χ1v) is 4.48. The molecule has 78 valence electrons. The number of carboxylic acid groups (broad SMARTS) is 1. The maximum Gasteiger partial charge on any atom is 0.333 e. The maximum atomic E-state index is 10.7. The van der Waals surface area contributed by atoms with Gasteiger partial charge in [0.25, 0.3) is 0 Å². The smallest absolute Gasteiger partial charge is 0.333 e. The van der Waals surface area contributed by atoms with Crippen molar-refractivity contribution in [1.29, 1.82) is 0 Å². The van der Waals surface area contributed by atoms with E-state index in [4.69, 9.17) is 14.3 Å². The molecule has 0 bridgehead atoms. The van der Waals surface area contributed by atoms with E-state index in [-0.39, 0.29) is 12.5 Å². The summed E-state index contributed by atoms with van der Waals surface area (Å²) in [6.07, 6.45) is 0.754. The summed E-state index contributed by atoms with van der Waals surface area (Å²) in [5, 5.41) is 8.82. The van der Waals surface area contributed by atoms with Crippen LogP contribution in [-0.2, 0) is 16.1 Å². The highest BCUT2D eigenvalue weighted by atomic mass is 16.5. The van der Waals surface area contributed by atoms with Gasteiger partial charge in [0.05, 0.1) is 6.26 Å². The Labute approximate surface area is 82.5 Å². The second-order valence-corrected chi connectivity index (χ2v) is 3.39. The molecule has 0 saturated heterocycles. The van der Waals surface area contributed by atoms with E-state index in [1.165, 1.54) is 6.26 Å². The minimum atomic E-state index is -0.938. The molecule has 0 aliphatic carbocycles. The highest BCUT2D eigenvalue weighted by Gasteiger charge is 2.22. The van der Waals surface area contributed by atoms with Gasteiger partial charge in [0.15, 0.2) is 6.10 Å². The van der Waals surface area contributed by atoms with Crippen molar-refractivity contribution in [2.45, 2.75) is 26.6 Å². The van der Waals surface area contributed by atoms with E-state index >= 15 is 0 Å². The van der Waals surface area contributed by atoms with Crippen LogP contribution in [0.1, 0.15) is 19.6 Å². The number of rotatable bonds is 5. The molecule has 1 aromatic heterocycles. The monoisotopic (exact) mass is 198 g/mol. The topological polar surface area (TPSA) is 59.7 Å². The minimum absolute atomic E-state index is 0.0533.